The van der Waals surface area contributed by atoms with Gasteiger partial charge in [0.15, 0.2) is 5.78 Å². The van der Waals surface area contributed by atoms with E-state index in [2.05, 4.69) is 4.52 Å². The summed E-state index contributed by atoms with van der Waals surface area (Å²) in [7, 11) is -3.95. The average Bonchev–Trinajstić information content (AvgIpc) is 2.15. The van der Waals surface area contributed by atoms with E-state index in [1.54, 1.807) is 0 Å². The molecule has 94 valence electrons. The largest absolute Gasteiger partial charge is 0.335 e. The van der Waals surface area contributed by atoms with Gasteiger partial charge in [0, 0.05) is 5.56 Å². The maximum absolute atomic E-state index is 12.7. The molecular formula is C10H11ClFO4P. The van der Waals surface area contributed by atoms with E-state index in [9.17, 15) is 18.6 Å². The van der Waals surface area contributed by atoms with Crippen molar-refractivity contribution in [1.82, 2.24) is 0 Å². The van der Waals surface area contributed by atoms with Crippen molar-refractivity contribution in [3.63, 3.8) is 0 Å². The van der Waals surface area contributed by atoms with Crippen LogP contribution in [0.15, 0.2) is 18.2 Å². The molecule has 0 spiro atoms. The molecule has 0 bridgehead atoms. The molecule has 0 aromatic heterocycles. The summed E-state index contributed by atoms with van der Waals surface area (Å²) in [6.45, 7) is 1.57. The van der Waals surface area contributed by atoms with Gasteiger partial charge in [0.05, 0.1) is 11.6 Å². The summed E-state index contributed by atoms with van der Waals surface area (Å²) in [5.41, 5.74) is 0.00189. The van der Waals surface area contributed by atoms with Gasteiger partial charge in [-0.1, -0.05) is 11.6 Å². The lowest BCUT2D eigenvalue weighted by atomic mass is 10.1. The number of halogens is 2. The van der Waals surface area contributed by atoms with Crippen molar-refractivity contribution < 1.29 is 23.2 Å². The van der Waals surface area contributed by atoms with Crippen LogP contribution >= 0.6 is 19.2 Å². The molecule has 1 N–H and O–H groups in total. The molecule has 0 amide bonds. The molecule has 0 radical (unpaired) electrons. The SMILES string of the molecule is CCOP(=O)(O)CC(=O)c1ccc(F)cc1Cl. The van der Waals surface area contributed by atoms with Crippen LogP contribution in [0.25, 0.3) is 0 Å². The summed E-state index contributed by atoms with van der Waals surface area (Å²) in [4.78, 5) is 20.9. The van der Waals surface area contributed by atoms with Crippen molar-refractivity contribution in [2.24, 2.45) is 0 Å². The van der Waals surface area contributed by atoms with Gasteiger partial charge in [0.1, 0.15) is 12.0 Å². The molecule has 1 aromatic carbocycles. The molecule has 1 aromatic rings. The predicted octanol–water partition coefficient (Wildman–Crippen LogP) is 2.88. The summed E-state index contributed by atoms with van der Waals surface area (Å²) in [5.74, 6) is -1.24. The monoisotopic (exact) mass is 280 g/mol. The highest BCUT2D eigenvalue weighted by molar-refractivity contribution is 7.53. The third kappa shape index (κ3) is 4.21. The molecule has 1 unspecified atom stereocenters. The molecule has 0 aliphatic carbocycles. The Morgan fingerprint density at radius 3 is 2.76 bits per heavy atom. The van der Waals surface area contributed by atoms with Crippen molar-refractivity contribution in [2.75, 3.05) is 12.8 Å². The van der Waals surface area contributed by atoms with E-state index in [4.69, 9.17) is 11.6 Å². The summed E-state index contributed by atoms with van der Waals surface area (Å²) < 4.78 is 28.7. The summed E-state index contributed by atoms with van der Waals surface area (Å²) in [5, 5.41) is -0.0912. The van der Waals surface area contributed by atoms with Crippen LogP contribution in [0.3, 0.4) is 0 Å². The quantitative estimate of drug-likeness (QED) is 0.665. The van der Waals surface area contributed by atoms with Gasteiger partial charge in [0.2, 0.25) is 0 Å². The fraction of sp³-hybridized carbons (Fsp3) is 0.300. The first-order valence-corrected chi connectivity index (χ1v) is 6.94. The fourth-order valence-corrected chi connectivity index (χ4v) is 2.53. The van der Waals surface area contributed by atoms with E-state index < -0.39 is 25.4 Å². The zero-order valence-electron chi connectivity index (χ0n) is 9.02. The molecule has 1 atom stereocenters. The van der Waals surface area contributed by atoms with Gasteiger partial charge in [-0.3, -0.25) is 9.36 Å². The average molecular weight is 281 g/mol. The Hall–Kier alpha value is -0.740. The van der Waals surface area contributed by atoms with Crippen molar-refractivity contribution in [1.29, 1.82) is 0 Å². The third-order valence-corrected chi connectivity index (χ3v) is 3.57. The fourth-order valence-electron chi connectivity index (χ4n) is 1.23. The second-order valence-corrected chi connectivity index (χ2v) is 5.52. The zero-order chi connectivity index (χ0) is 13.1. The standard InChI is InChI=1S/C10H11ClFO4P/c1-2-16-17(14,15)6-10(13)8-4-3-7(12)5-9(8)11/h3-5H,2,6H2,1H3,(H,14,15). The number of ketones is 1. The van der Waals surface area contributed by atoms with Crippen molar-refractivity contribution in [3.8, 4) is 0 Å². The lowest BCUT2D eigenvalue weighted by molar-refractivity contribution is 0.101. The van der Waals surface area contributed by atoms with E-state index in [1.807, 2.05) is 0 Å². The van der Waals surface area contributed by atoms with Gasteiger partial charge >= 0.3 is 7.60 Å². The van der Waals surface area contributed by atoms with Crippen molar-refractivity contribution in [2.45, 2.75) is 6.92 Å². The predicted molar refractivity (Wildman–Crippen MR) is 62.1 cm³/mol. The first kappa shape index (κ1) is 14.3. The highest BCUT2D eigenvalue weighted by Crippen LogP contribution is 2.42. The van der Waals surface area contributed by atoms with Crippen LogP contribution in [0.2, 0.25) is 5.02 Å². The Kier molecular flexibility index (Phi) is 4.83. The van der Waals surface area contributed by atoms with E-state index >= 15 is 0 Å². The van der Waals surface area contributed by atoms with Crippen LogP contribution in [0.1, 0.15) is 17.3 Å². The van der Waals surface area contributed by atoms with Crippen molar-refractivity contribution in [3.05, 3.63) is 34.6 Å². The van der Waals surface area contributed by atoms with E-state index in [0.29, 0.717) is 0 Å². The third-order valence-electron chi connectivity index (χ3n) is 1.91. The van der Waals surface area contributed by atoms with Gasteiger partial charge in [-0.2, -0.15) is 0 Å². The topological polar surface area (TPSA) is 63.6 Å². The number of rotatable bonds is 5. The van der Waals surface area contributed by atoms with Gasteiger partial charge < -0.3 is 9.42 Å². The van der Waals surface area contributed by atoms with Gasteiger partial charge in [0.25, 0.3) is 0 Å². The first-order valence-electron chi connectivity index (χ1n) is 4.80. The van der Waals surface area contributed by atoms with E-state index in [1.165, 1.54) is 13.0 Å². The minimum Gasteiger partial charge on any atom is -0.324 e. The van der Waals surface area contributed by atoms with E-state index in [0.717, 1.165) is 12.1 Å². The Labute approximate surface area is 103 Å². The van der Waals surface area contributed by atoms with Crippen LogP contribution in [0.5, 0.6) is 0 Å². The van der Waals surface area contributed by atoms with Crippen LogP contribution in [-0.2, 0) is 9.09 Å². The maximum atomic E-state index is 12.7. The zero-order valence-corrected chi connectivity index (χ0v) is 10.7. The highest BCUT2D eigenvalue weighted by atomic mass is 35.5. The molecule has 4 nitrogen and oxygen atoms in total. The van der Waals surface area contributed by atoms with Crippen LogP contribution in [0, 0.1) is 5.82 Å². The Morgan fingerprint density at radius 2 is 2.24 bits per heavy atom. The molecule has 1 rings (SSSR count). The minimum absolute atomic E-state index is 0.00189. The first-order chi connectivity index (χ1) is 7.85. The molecule has 0 fully saturated rings. The molecular weight excluding hydrogens is 270 g/mol. The van der Waals surface area contributed by atoms with Crippen LogP contribution in [0.4, 0.5) is 4.39 Å². The number of benzene rings is 1. The number of carbonyl (C=O) groups excluding carboxylic acids is 1. The van der Waals surface area contributed by atoms with Crippen molar-refractivity contribution >= 4 is 25.0 Å². The highest BCUT2D eigenvalue weighted by Gasteiger charge is 2.25. The number of hydrogen-bond acceptors (Lipinski definition) is 3. The molecule has 17 heavy (non-hydrogen) atoms. The lowest BCUT2D eigenvalue weighted by Gasteiger charge is -2.10. The summed E-state index contributed by atoms with van der Waals surface area (Å²) in [6, 6.07) is 3.20. The Bertz CT molecular complexity index is 477. The molecule has 0 saturated carbocycles. The molecule has 7 heteroatoms. The normalized spacial score (nSPS) is 14.4. The summed E-state index contributed by atoms with van der Waals surface area (Å²) in [6.07, 6.45) is -0.674. The smallest absolute Gasteiger partial charge is 0.324 e. The summed E-state index contributed by atoms with van der Waals surface area (Å²) >= 11 is 5.66. The number of carbonyl (C=O) groups is 1. The molecule has 0 aliphatic heterocycles. The number of hydrogen-bond donors (Lipinski definition) is 1. The second-order valence-electron chi connectivity index (χ2n) is 3.26. The molecule has 0 aliphatic rings. The van der Waals surface area contributed by atoms with Crippen LogP contribution in [-0.4, -0.2) is 23.4 Å². The second kappa shape index (κ2) is 5.74. The minimum atomic E-state index is -3.95. The Morgan fingerprint density at radius 1 is 1.59 bits per heavy atom. The molecule has 0 heterocycles. The number of Topliss-reactive ketones (excluding diaryl/α,β-unsaturated/α-hetero) is 1. The van der Waals surface area contributed by atoms with E-state index in [-0.39, 0.29) is 17.2 Å². The van der Waals surface area contributed by atoms with Crippen LogP contribution < -0.4 is 0 Å². The van der Waals surface area contributed by atoms with Gasteiger partial charge in [-0.25, -0.2) is 4.39 Å². The maximum Gasteiger partial charge on any atom is 0.335 e. The Balaban J connectivity index is 2.87. The molecule has 0 saturated heterocycles. The van der Waals surface area contributed by atoms with Gasteiger partial charge in [-0.15, -0.1) is 0 Å². The van der Waals surface area contributed by atoms with Gasteiger partial charge in [-0.05, 0) is 25.1 Å². The lowest BCUT2D eigenvalue weighted by Crippen LogP contribution is -2.08.